The number of carbonyl (C=O) groups is 1. The summed E-state index contributed by atoms with van der Waals surface area (Å²) in [6.45, 7) is 0. The van der Waals surface area contributed by atoms with Crippen LogP contribution in [0.4, 0.5) is 0 Å². The zero-order valence-corrected chi connectivity index (χ0v) is 9.53. The standard InChI is InChI=1S/C11H7Cl2NO2/c12-8-6-9(13)10(5-7(8)11(15)16)14-3-1-2-4-14/h1-6H,(H,15,16). The molecule has 2 rings (SSSR count). The highest BCUT2D eigenvalue weighted by molar-refractivity contribution is 6.37. The average molecular weight is 256 g/mol. The number of carboxylic acid groups (broad SMARTS) is 1. The van der Waals surface area contributed by atoms with Crippen molar-refractivity contribution < 1.29 is 9.90 Å². The molecular formula is C11H7Cl2NO2. The van der Waals surface area contributed by atoms with Gasteiger partial charge in [0.05, 0.1) is 21.3 Å². The van der Waals surface area contributed by atoms with Crippen LogP contribution in [-0.4, -0.2) is 15.6 Å². The monoisotopic (exact) mass is 255 g/mol. The van der Waals surface area contributed by atoms with Gasteiger partial charge in [0.1, 0.15) is 0 Å². The van der Waals surface area contributed by atoms with Gasteiger partial charge in [-0.2, -0.15) is 0 Å². The fourth-order valence-electron chi connectivity index (χ4n) is 1.39. The molecule has 3 nitrogen and oxygen atoms in total. The third-order valence-corrected chi connectivity index (χ3v) is 2.76. The number of benzene rings is 1. The third kappa shape index (κ3) is 1.92. The lowest BCUT2D eigenvalue weighted by Gasteiger charge is -2.08. The Morgan fingerprint density at radius 2 is 1.75 bits per heavy atom. The normalized spacial score (nSPS) is 10.4. The van der Waals surface area contributed by atoms with Crippen LogP contribution >= 0.6 is 23.2 Å². The first-order valence-electron chi connectivity index (χ1n) is 4.45. The largest absolute Gasteiger partial charge is 0.478 e. The minimum Gasteiger partial charge on any atom is -0.478 e. The van der Waals surface area contributed by atoms with Crippen molar-refractivity contribution in [3.05, 3.63) is 52.3 Å². The summed E-state index contributed by atoms with van der Waals surface area (Å²) in [4.78, 5) is 10.9. The van der Waals surface area contributed by atoms with E-state index >= 15 is 0 Å². The van der Waals surface area contributed by atoms with E-state index in [0.29, 0.717) is 10.7 Å². The number of hydrogen-bond donors (Lipinski definition) is 1. The molecule has 16 heavy (non-hydrogen) atoms. The number of rotatable bonds is 2. The van der Waals surface area contributed by atoms with Crippen LogP contribution < -0.4 is 0 Å². The predicted octanol–water partition coefficient (Wildman–Crippen LogP) is 3.48. The Morgan fingerprint density at radius 1 is 1.12 bits per heavy atom. The summed E-state index contributed by atoms with van der Waals surface area (Å²) in [6.07, 6.45) is 3.56. The van der Waals surface area contributed by atoms with Gasteiger partial charge in [0.15, 0.2) is 0 Å². The number of carboxylic acids is 1. The Morgan fingerprint density at radius 3 is 2.31 bits per heavy atom. The van der Waals surface area contributed by atoms with Crippen molar-refractivity contribution in [1.29, 1.82) is 0 Å². The molecule has 1 N–H and O–H groups in total. The van der Waals surface area contributed by atoms with Crippen molar-refractivity contribution in [3.8, 4) is 5.69 Å². The van der Waals surface area contributed by atoms with Crippen molar-refractivity contribution >= 4 is 29.2 Å². The van der Waals surface area contributed by atoms with Gasteiger partial charge in [-0.25, -0.2) is 4.79 Å². The molecule has 5 heteroatoms. The van der Waals surface area contributed by atoms with Gasteiger partial charge in [0, 0.05) is 12.4 Å². The lowest BCUT2D eigenvalue weighted by molar-refractivity contribution is 0.0697. The number of aromatic carboxylic acids is 1. The van der Waals surface area contributed by atoms with Gasteiger partial charge in [-0.1, -0.05) is 23.2 Å². The van der Waals surface area contributed by atoms with Crippen molar-refractivity contribution in [1.82, 2.24) is 4.57 Å². The van der Waals surface area contributed by atoms with Gasteiger partial charge in [-0.05, 0) is 24.3 Å². The molecule has 0 radical (unpaired) electrons. The maximum Gasteiger partial charge on any atom is 0.337 e. The molecule has 0 aliphatic carbocycles. The van der Waals surface area contributed by atoms with Crippen LogP contribution in [0.15, 0.2) is 36.7 Å². The molecule has 0 aliphatic heterocycles. The van der Waals surface area contributed by atoms with Crippen molar-refractivity contribution in [3.63, 3.8) is 0 Å². The number of hydrogen-bond acceptors (Lipinski definition) is 1. The molecule has 0 amide bonds. The molecule has 0 spiro atoms. The van der Waals surface area contributed by atoms with Crippen LogP contribution in [-0.2, 0) is 0 Å². The Kier molecular flexibility index (Phi) is 2.90. The summed E-state index contributed by atoms with van der Waals surface area (Å²) in [5.74, 6) is -1.07. The van der Waals surface area contributed by atoms with Gasteiger partial charge in [-0.15, -0.1) is 0 Å². The SMILES string of the molecule is O=C(O)c1cc(-n2cccc2)c(Cl)cc1Cl. The van der Waals surface area contributed by atoms with Crippen LogP contribution in [0, 0.1) is 0 Å². The van der Waals surface area contributed by atoms with Crippen LogP contribution in [0.5, 0.6) is 0 Å². The number of nitrogens with zero attached hydrogens (tertiary/aromatic N) is 1. The fourth-order valence-corrected chi connectivity index (χ4v) is 1.96. The quantitative estimate of drug-likeness (QED) is 0.893. The van der Waals surface area contributed by atoms with Gasteiger partial charge in [-0.3, -0.25) is 0 Å². The van der Waals surface area contributed by atoms with E-state index in [1.807, 2.05) is 12.1 Å². The minimum absolute atomic E-state index is 0.0368. The topological polar surface area (TPSA) is 42.2 Å². The van der Waals surface area contributed by atoms with Crippen LogP contribution in [0.1, 0.15) is 10.4 Å². The molecule has 0 bridgehead atoms. The van der Waals surface area contributed by atoms with Crippen molar-refractivity contribution in [2.45, 2.75) is 0 Å². The first-order chi connectivity index (χ1) is 7.59. The third-order valence-electron chi connectivity index (χ3n) is 2.15. The summed E-state index contributed by atoms with van der Waals surface area (Å²) in [7, 11) is 0. The Labute approximate surface area is 102 Å². The Balaban J connectivity index is 2.63. The molecule has 2 aromatic rings. The maximum atomic E-state index is 10.9. The second-order valence-corrected chi connectivity index (χ2v) is 3.99. The van der Waals surface area contributed by atoms with E-state index in [1.54, 1.807) is 17.0 Å². The molecule has 0 atom stereocenters. The molecule has 0 saturated carbocycles. The molecule has 1 heterocycles. The van der Waals surface area contributed by atoms with Gasteiger partial charge in [0.2, 0.25) is 0 Å². The maximum absolute atomic E-state index is 10.9. The molecule has 0 aliphatic rings. The van der Waals surface area contributed by atoms with Crippen LogP contribution in [0.25, 0.3) is 5.69 Å². The molecule has 1 aromatic carbocycles. The van der Waals surface area contributed by atoms with E-state index in [-0.39, 0.29) is 10.6 Å². The Bertz CT molecular complexity index is 535. The average Bonchev–Trinajstić information content (AvgIpc) is 2.70. The van der Waals surface area contributed by atoms with Crippen LogP contribution in [0.2, 0.25) is 10.0 Å². The van der Waals surface area contributed by atoms with Crippen molar-refractivity contribution in [2.24, 2.45) is 0 Å². The van der Waals surface area contributed by atoms with Crippen molar-refractivity contribution in [2.75, 3.05) is 0 Å². The molecule has 0 unspecified atom stereocenters. The number of halogens is 2. The smallest absolute Gasteiger partial charge is 0.337 e. The highest BCUT2D eigenvalue weighted by Gasteiger charge is 2.13. The zero-order chi connectivity index (χ0) is 11.7. The van der Waals surface area contributed by atoms with Gasteiger partial charge in [0.25, 0.3) is 0 Å². The summed E-state index contributed by atoms with van der Waals surface area (Å²) >= 11 is 11.8. The summed E-state index contributed by atoms with van der Waals surface area (Å²) < 4.78 is 1.73. The second kappa shape index (κ2) is 4.20. The zero-order valence-electron chi connectivity index (χ0n) is 8.02. The van der Waals surface area contributed by atoms with Gasteiger partial charge >= 0.3 is 5.97 Å². The lowest BCUT2D eigenvalue weighted by Crippen LogP contribution is -2.01. The van der Waals surface area contributed by atoms with E-state index < -0.39 is 5.97 Å². The first-order valence-corrected chi connectivity index (χ1v) is 5.21. The molecule has 82 valence electrons. The number of aromatic nitrogens is 1. The molecule has 0 saturated heterocycles. The van der Waals surface area contributed by atoms with E-state index in [2.05, 4.69) is 0 Å². The molecule has 0 fully saturated rings. The highest BCUT2D eigenvalue weighted by atomic mass is 35.5. The van der Waals surface area contributed by atoms with E-state index in [9.17, 15) is 4.79 Å². The van der Waals surface area contributed by atoms with E-state index in [1.165, 1.54) is 12.1 Å². The predicted molar refractivity (Wildman–Crippen MR) is 62.7 cm³/mol. The molecule has 1 aromatic heterocycles. The minimum atomic E-state index is -1.07. The first kappa shape index (κ1) is 11.0. The highest BCUT2D eigenvalue weighted by Crippen LogP contribution is 2.28. The van der Waals surface area contributed by atoms with Gasteiger partial charge < -0.3 is 9.67 Å². The van der Waals surface area contributed by atoms with E-state index in [4.69, 9.17) is 28.3 Å². The summed E-state index contributed by atoms with van der Waals surface area (Å²) in [5.41, 5.74) is 0.628. The Hall–Kier alpha value is -1.45. The fraction of sp³-hybridized carbons (Fsp3) is 0. The lowest BCUT2D eigenvalue weighted by atomic mass is 10.2. The molecular weight excluding hydrogens is 249 g/mol. The van der Waals surface area contributed by atoms with E-state index in [0.717, 1.165) is 0 Å². The van der Waals surface area contributed by atoms with Crippen LogP contribution in [0.3, 0.4) is 0 Å². The summed E-state index contributed by atoms with van der Waals surface area (Å²) in [5, 5.41) is 9.48. The second-order valence-electron chi connectivity index (χ2n) is 3.18. The summed E-state index contributed by atoms with van der Waals surface area (Å²) in [6, 6.07) is 6.53.